The van der Waals surface area contributed by atoms with E-state index in [1.807, 2.05) is 19.1 Å². The normalized spacial score (nSPS) is 14.7. The molecule has 0 unspecified atom stereocenters. The van der Waals surface area contributed by atoms with E-state index in [0.29, 0.717) is 11.4 Å². The van der Waals surface area contributed by atoms with Gasteiger partial charge in [-0.3, -0.25) is 4.79 Å². The summed E-state index contributed by atoms with van der Waals surface area (Å²) in [4.78, 5) is 12.6. The lowest BCUT2D eigenvalue weighted by atomic mass is 10.1. The van der Waals surface area contributed by atoms with E-state index in [2.05, 4.69) is 23.2 Å². The summed E-state index contributed by atoms with van der Waals surface area (Å²) in [6.45, 7) is 4.11. The van der Waals surface area contributed by atoms with Gasteiger partial charge in [-0.15, -0.1) is 0 Å². The molecule has 1 aliphatic rings. The largest absolute Gasteiger partial charge is 0.293 e. The van der Waals surface area contributed by atoms with E-state index in [-0.39, 0.29) is 5.56 Å². The van der Waals surface area contributed by atoms with Crippen LogP contribution in [0.4, 0.5) is 0 Å². The van der Waals surface area contributed by atoms with Crippen molar-refractivity contribution in [3.8, 4) is 5.69 Å². The number of nitrogens with zero attached hydrogens (tertiary/aromatic N) is 4. The van der Waals surface area contributed by atoms with E-state index in [1.54, 1.807) is 17.9 Å². The van der Waals surface area contributed by atoms with E-state index in [1.165, 1.54) is 10.2 Å². The minimum Gasteiger partial charge on any atom is -0.265 e. The summed E-state index contributed by atoms with van der Waals surface area (Å²) in [5.74, 6) is 0.478. The van der Waals surface area contributed by atoms with Gasteiger partial charge < -0.3 is 0 Å². The van der Waals surface area contributed by atoms with Gasteiger partial charge in [0.05, 0.1) is 17.6 Å². The standard InChI is InChI=1S/C17H18N4O/c1-10-4-7-14(11(2)8-10)21-16-13(9-18-21)15(12-5-6-12)19-20(3)17(16)22/h4,7-9,12H,5-6H2,1-3H3. The first-order valence-electron chi connectivity index (χ1n) is 7.59. The molecule has 2 aromatic heterocycles. The number of aromatic nitrogens is 4. The van der Waals surface area contributed by atoms with Crippen molar-refractivity contribution in [3.05, 3.63) is 51.6 Å². The molecular weight excluding hydrogens is 276 g/mol. The molecule has 0 saturated heterocycles. The zero-order valence-electron chi connectivity index (χ0n) is 13.0. The molecule has 5 nitrogen and oxygen atoms in total. The molecule has 5 heteroatoms. The topological polar surface area (TPSA) is 52.7 Å². The predicted octanol–water partition coefficient (Wildman–Crippen LogP) is 2.61. The van der Waals surface area contributed by atoms with Crippen LogP contribution >= 0.6 is 0 Å². The van der Waals surface area contributed by atoms with Crippen LogP contribution in [0.5, 0.6) is 0 Å². The Morgan fingerprint density at radius 2 is 2.00 bits per heavy atom. The molecule has 112 valence electrons. The fourth-order valence-electron chi connectivity index (χ4n) is 3.04. The Balaban J connectivity index is 2.05. The summed E-state index contributed by atoms with van der Waals surface area (Å²) in [7, 11) is 1.72. The van der Waals surface area contributed by atoms with Gasteiger partial charge in [0.2, 0.25) is 0 Å². The van der Waals surface area contributed by atoms with Gasteiger partial charge in [-0.2, -0.15) is 10.2 Å². The van der Waals surface area contributed by atoms with Crippen molar-refractivity contribution in [2.24, 2.45) is 7.05 Å². The molecule has 0 bridgehead atoms. The Hall–Kier alpha value is -2.43. The number of aryl methyl sites for hydroxylation is 3. The molecule has 22 heavy (non-hydrogen) atoms. The van der Waals surface area contributed by atoms with Crippen LogP contribution in [0.15, 0.2) is 29.2 Å². The van der Waals surface area contributed by atoms with E-state index in [0.717, 1.165) is 35.2 Å². The molecular formula is C17H18N4O. The van der Waals surface area contributed by atoms with Crippen LogP contribution in [0.3, 0.4) is 0 Å². The van der Waals surface area contributed by atoms with Crippen molar-refractivity contribution in [2.45, 2.75) is 32.6 Å². The molecule has 1 fully saturated rings. The fourth-order valence-corrected chi connectivity index (χ4v) is 3.04. The van der Waals surface area contributed by atoms with Gasteiger partial charge in [-0.05, 0) is 38.3 Å². The highest BCUT2D eigenvalue weighted by atomic mass is 16.1. The lowest BCUT2D eigenvalue weighted by Crippen LogP contribution is -2.23. The average Bonchev–Trinajstić information content (AvgIpc) is 3.22. The van der Waals surface area contributed by atoms with Crippen LogP contribution in [0.25, 0.3) is 16.6 Å². The Bertz CT molecular complexity index is 947. The zero-order chi connectivity index (χ0) is 15.4. The Kier molecular flexibility index (Phi) is 2.73. The summed E-state index contributed by atoms with van der Waals surface area (Å²) in [6.07, 6.45) is 4.08. The molecule has 1 aromatic carbocycles. The lowest BCUT2D eigenvalue weighted by molar-refractivity contribution is 0.687. The van der Waals surface area contributed by atoms with Gasteiger partial charge in [0, 0.05) is 18.4 Å². The molecule has 0 atom stereocenters. The fraction of sp³-hybridized carbons (Fsp3) is 0.353. The summed E-state index contributed by atoms with van der Waals surface area (Å²) in [5.41, 5.74) is 4.80. The first kappa shape index (κ1) is 13.2. The molecule has 0 amide bonds. The summed E-state index contributed by atoms with van der Waals surface area (Å²) < 4.78 is 3.21. The average molecular weight is 294 g/mol. The third-order valence-electron chi connectivity index (χ3n) is 4.34. The lowest BCUT2D eigenvalue weighted by Gasteiger charge is -2.09. The van der Waals surface area contributed by atoms with Gasteiger partial charge in [-0.25, -0.2) is 9.36 Å². The summed E-state index contributed by atoms with van der Waals surface area (Å²) >= 11 is 0. The summed E-state index contributed by atoms with van der Waals surface area (Å²) in [6, 6.07) is 6.17. The molecule has 2 heterocycles. The Morgan fingerprint density at radius 1 is 1.23 bits per heavy atom. The molecule has 4 rings (SSSR count). The van der Waals surface area contributed by atoms with Crippen molar-refractivity contribution in [1.82, 2.24) is 19.6 Å². The monoisotopic (exact) mass is 294 g/mol. The zero-order valence-corrected chi connectivity index (χ0v) is 13.0. The van der Waals surface area contributed by atoms with Gasteiger partial charge >= 0.3 is 0 Å². The molecule has 0 spiro atoms. The van der Waals surface area contributed by atoms with Crippen LogP contribution in [0, 0.1) is 13.8 Å². The second-order valence-corrected chi connectivity index (χ2v) is 6.20. The number of rotatable bonds is 2. The van der Waals surface area contributed by atoms with Crippen molar-refractivity contribution < 1.29 is 0 Å². The summed E-state index contributed by atoms with van der Waals surface area (Å²) in [5, 5.41) is 9.84. The van der Waals surface area contributed by atoms with Crippen molar-refractivity contribution in [1.29, 1.82) is 0 Å². The van der Waals surface area contributed by atoms with E-state index in [4.69, 9.17) is 0 Å². The highest BCUT2D eigenvalue weighted by Crippen LogP contribution is 2.41. The molecule has 0 radical (unpaired) electrons. The van der Waals surface area contributed by atoms with E-state index in [9.17, 15) is 4.79 Å². The van der Waals surface area contributed by atoms with Gasteiger partial charge in [-0.1, -0.05) is 17.7 Å². The van der Waals surface area contributed by atoms with Crippen molar-refractivity contribution in [2.75, 3.05) is 0 Å². The van der Waals surface area contributed by atoms with Gasteiger partial charge in [0.15, 0.2) is 0 Å². The van der Waals surface area contributed by atoms with Crippen molar-refractivity contribution >= 4 is 10.9 Å². The second-order valence-electron chi connectivity index (χ2n) is 6.20. The smallest absolute Gasteiger partial charge is 0.265 e. The highest BCUT2D eigenvalue weighted by molar-refractivity contribution is 5.82. The Labute approximate surface area is 128 Å². The van der Waals surface area contributed by atoms with Crippen LogP contribution in [0.2, 0.25) is 0 Å². The van der Waals surface area contributed by atoms with Crippen LogP contribution in [-0.2, 0) is 7.05 Å². The molecule has 0 aliphatic heterocycles. The van der Waals surface area contributed by atoms with Crippen LogP contribution < -0.4 is 5.56 Å². The predicted molar refractivity (Wildman–Crippen MR) is 85.6 cm³/mol. The van der Waals surface area contributed by atoms with E-state index < -0.39 is 0 Å². The first-order chi connectivity index (χ1) is 10.6. The van der Waals surface area contributed by atoms with Gasteiger partial charge in [0.25, 0.3) is 5.56 Å². The second kappa shape index (κ2) is 4.53. The maximum atomic E-state index is 12.6. The SMILES string of the molecule is Cc1ccc(-n2ncc3c(C4CC4)nn(C)c(=O)c32)c(C)c1. The minimum absolute atomic E-state index is 0.100. The minimum atomic E-state index is -0.100. The quantitative estimate of drug-likeness (QED) is 0.730. The molecule has 0 N–H and O–H groups in total. The maximum absolute atomic E-state index is 12.6. The van der Waals surface area contributed by atoms with Gasteiger partial charge in [0.1, 0.15) is 5.52 Å². The third-order valence-corrected chi connectivity index (χ3v) is 4.34. The maximum Gasteiger partial charge on any atom is 0.293 e. The number of benzene rings is 1. The van der Waals surface area contributed by atoms with Crippen LogP contribution in [-0.4, -0.2) is 19.6 Å². The van der Waals surface area contributed by atoms with Crippen LogP contribution in [0.1, 0.15) is 35.6 Å². The molecule has 1 saturated carbocycles. The highest BCUT2D eigenvalue weighted by Gasteiger charge is 2.29. The van der Waals surface area contributed by atoms with Crippen molar-refractivity contribution in [3.63, 3.8) is 0 Å². The third kappa shape index (κ3) is 1.89. The Morgan fingerprint density at radius 3 is 2.68 bits per heavy atom. The number of hydrogen-bond donors (Lipinski definition) is 0. The molecule has 1 aliphatic carbocycles. The first-order valence-corrected chi connectivity index (χ1v) is 7.59. The number of fused-ring (bicyclic) bond motifs is 1. The van der Waals surface area contributed by atoms with E-state index >= 15 is 0 Å². The molecule has 3 aromatic rings. The number of hydrogen-bond acceptors (Lipinski definition) is 3.